The van der Waals surface area contributed by atoms with E-state index >= 15 is 0 Å². The van der Waals surface area contributed by atoms with Crippen LogP contribution in [-0.4, -0.2) is 44.7 Å². The number of hydrogen-bond acceptors (Lipinski definition) is 3. The summed E-state index contributed by atoms with van der Waals surface area (Å²) in [5.74, 6) is 0.461. The molecule has 0 bridgehead atoms. The molecule has 0 saturated carbocycles. The van der Waals surface area contributed by atoms with Gasteiger partial charge >= 0.3 is 0 Å². The van der Waals surface area contributed by atoms with Gasteiger partial charge in [0.15, 0.2) is 0 Å². The van der Waals surface area contributed by atoms with Crippen LogP contribution in [0.2, 0.25) is 0 Å². The zero-order chi connectivity index (χ0) is 15.4. The van der Waals surface area contributed by atoms with Gasteiger partial charge in [0.1, 0.15) is 5.82 Å². The highest BCUT2D eigenvalue weighted by atomic mass is 19.1. The Kier molecular flexibility index (Phi) is 5.59. The highest BCUT2D eigenvalue weighted by Crippen LogP contribution is 2.28. The van der Waals surface area contributed by atoms with Crippen molar-refractivity contribution in [1.82, 2.24) is 10.2 Å². The Morgan fingerprint density at radius 2 is 2.10 bits per heavy atom. The lowest BCUT2D eigenvalue weighted by Gasteiger charge is -2.23. The zero-order valence-corrected chi connectivity index (χ0v) is 13.7. The zero-order valence-electron chi connectivity index (χ0n) is 13.7. The molecular weight excluding hydrogens is 265 g/mol. The van der Waals surface area contributed by atoms with E-state index in [0.29, 0.717) is 12.0 Å². The predicted molar refractivity (Wildman–Crippen MR) is 87.2 cm³/mol. The van der Waals surface area contributed by atoms with E-state index in [4.69, 9.17) is 0 Å². The summed E-state index contributed by atoms with van der Waals surface area (Å²) in [6.45, 7) is 7.91. The maximum atomic E-state index is 14.4. The first-order chi connectivity index (χ1) is 10.0. The summed E-state index contributed by atoms with van der Waals surface area (Å²) in [4.78, 5) is 4.42. The average Bonchev–Trinajstić information content (AvgIpc) is 2.81. The molecule has 0 amide bonds. The topological polar surface area (TPSA) is 18.5 Å². The van der Waals surface area contributed by atoms with Gasteiger partial charge in [-0.05, 0) is 50.7 Å². The summed E-state index contributed by atoms with van der Waals surface area (Å²) in [6.07, 6.45) is 1.10. The van der Waals surface area contributed by atoms with Crippen LogP contribution in [0.3, 0.4) is 0 Å². The fourth-order valence-corrected chi connectivity index (χ4v) is 3.14. The number of rotatable bonds is 6. The Morgan fingerprint density at radius 3 is 2.67 bits per heavy atom. The van der Waals surface area contributed by atoms with Crippen molar-refractivity contribution in [2.24, 2.45) is 5.92 Å². The third-order valence-corrected chi connectivity index (χ3v) is 4.34. The monoisotopic (exact) mass is 293 g/mol. The molecule has 0 aliphatic carbocycles. The Labute approximate surface area is 128 Å². The number of halogens is 1. The average molecular weight is 293 g/mol. The lowest BCUT2D eigenvalue weighted by Crippen LogP contribution is -2.34. The molecule has 0 spiro atoms. The number of nitrogens with one attached hydrogen (secondary N) is 1. The van der Waals surface area contributed by atoms with E-state index in [9.17, 15) is 4.39 Å². The highest BCUT2D eigenvalue weighted by Gasteiger charge is 2.32. The largest absolute Gasteiger partial charge is 0.367 e. The summed E-state index contributed by atoms with van der Waals surface area (Å²) < 4.78 is 14.4. The molecule has 21 heavy (non-hydrogen) atoms. The molecular formula is C17H28FN3. The molecule has 4 heteroatoms. The minimum atomic E-state index is -0.0996. The van der Waals surface area contributed by atoms with Crippen LogP contribution >= 0.6 is 0 Å². The summed E-state index contributed by atoms with van der Waals surface area (Å²) in [5.41, 5.74) is 1.76. The third-order valence-electron chi connectivity index (χ3n) is 4.34. The van der Waals surface area contributed by atoms with Crippen molar-refractivity contribution in [3.63, 3.8) is 0 Å². The van der Waals surface area contributed by atoms with Crippen LogP contribution in [0.1, 0.15) is 25.8 Å². The van der Waals surface area contributed by atoms with E-state index in [1.165, 1.54) is 0 Å². The summed E-state index contributed by atoms with van der Waals surface area (Å²) in [6, 6.07) is 6.14. The molecule has 0 aromatic heterocycles. The maximum Gasteiger partial charge on any atom is 0.146 e. The molecule has 1 aliphatic heterocycles. The maximum absolute atomic E-state index is 14.4. The highest BCUT2D eigenvalue weighted by molar-refractivity contribution is 5.50. The van der Waals surface area contributed by atoms with Gasteiger partial charge in [-0.25, -0.2) is 4.39 Å². The van der Waals surface area contributed by atoms with E-state index in [1.54, 1.807) is 6.07 Å². The lowest BCUT2D eigenvalue weighted by atomic mass is 10.1. The molecule has 1 aliphatic rings. The van der Waals surface area contributed by atoms with Gasteiger partial charge in [-0.15, -0.1) is 0 Å². The van der Waals surface area contributed by atoms with Gasteiger partial charge in [-0.3, -0.25) is 0 Å². The van der Waals surface area contributed by atoms with Gasteiger partial charge < -0.3 is 15.1 Å². The molecule has 3 nitrogen and oxygen atoms in total. The van der Waals surface area contributed by atoms with Crippen LogP contribution < -0.4 is 10.2 Å². The predicted octanol–water partition coefficient (Wildman–Crippen LogP) is 2.71. The van der Waals surface area contributed by atoms with Crippen LogP contribution in [0, 0.1) is 11.7 Å². The van der Waals surface area contributed by atoms with Crippen molar-refractivity contribution in [2.75, 3.05) is 38.6 Å². The first-order valence-corrected chi connectivity index (χ1v) is 7.93. The number of benzene rings is 1. The Balaban J connectivity index is 2.04. The smallest absolute Gasteiger partial charge is 0.146 e. The summed E-state index contributed by atoms with van der Waals surface area (Å²) in [5, 5.41) is 3.31. The van der Waals surface area contributed by atoms with Crippen LogP contribution in [0.15, 0.2) is 18.2 Å². The fraction of sp³-hybridized carbons (Fsp3) is 0.647. The first-order valence-electron chi connectivity index (χ1n) is 7.93. The van der Waals surface area contributed by atoms with E-state index in [-0.39, 0.29) is 5.82 Å². The van der Waals surface area contributed by atoms with Gasteiger partial charge in [-0.1, -0.05) is 19.9 Å². The van der Waals surface area contributed by atoms with Crippen molar-refractivity contribution in [2.45, 2.75) is 32.9 Å². The fourth-order valence-electron chi connectivity index (χ4n) is 3.14. The standard InChI is InChI=1S/C17H28FN3/c1-5-8-19-10-14-6-7-16(15(18)9-14)21-11-13(2)17(12-21)20(3)4/h6-7,9,13,17,19H,5,8,10-12H2,1-4H3. The molecule has 1 fully saturated rings. The van der Waals surface area contributed by atoms with E-state index in [2.05, 4.69) is 43.1 Å². The SMILES string of the molecule is CCCNCc1ccc(N2CC(C)C(N(C)C)C2)c(F)c1. The molecule has 1 aromatic carbocycles. The molecule has 118 valence electrons. The second kappa shape index (κ2) is 7.23. The van der Waals surface area contributed by atoms with Gasteiger partial charge in [0.05, 0.1) is 5.69 Å². The molecule has 2 unspecified atom stereocenters. The van der Waals surface area contributed by atoms with Gasteiger partial charge in [-0.2, -0.15) is 0 Å². The van der Waals surface area contributed by atoms with E-state index in [0.717, 1.165) is 43.9 Å². The number of likely N-dealkylation sites (N-methyl/N-ethyl adjacent to an activating group) is 1. The third kappa shape index (κ3) is 3.95. The van der Waals surface area contributed by atoms with Crippen molar-refractivity contribution in [3.8, 4) is 0 Å². The van der Waals surface area contributed by atoms with E-state index < -0.39 is 0 Å². The summed E-state index contributed by atoms with van der Waals surface area (Å²) >= 11 is 0. The second-order valence-corrected chi connectivity index (χ2v) is 6.38. The quantitative estimate of drug-likeness (QED) is 0.814. The lowest BCUT2D eigenvalue weighted by molar-refractivity contribution is 0.266. The number of anilines is 1. The van der Waals surface area contributed by atoms with Crippen LogP contribution in [0.4, 0.5) is 10.1 Å². The minimum absolute atomic E-state index is 0.0996. The van der Waals surface area contributed by atoms with Gasteiger partial charge in [0, 0.05) is 25.7 Å². The van der Waals surface area contributed by atoms with Crippen LogP contribution in [0.5, 0.6) is 0 Å². The number of nitrogens with zero attached hydrogens (tertiary/aromatic N) is 2. The molecule has 1 N–H and O–H groups in total. The minimum Gasteiger partial charge on any atom is -0.367 e. The molecule has 0 radical (unpaired) electrons. The van der Waals surface area contributed by atoms with Crippen molar-refractivity contribution < 1.29 is 4.39 Å². The van der Waals surface area contributed by atoms with Crippen LogP contribution in [0.25, 0.3) is 0 Å². The van der Waals surface area contributed by atoms with E-state index in [1.807, 2.05) is 12.1 Å². The normalized spacial score (nSPS) is 22.3. The molecule has 2 atom stereocenters. The first kappa shape index (κ1) is 16.2. The Bertz CT molecular complexity index is 461. The van der Waals surface area contributed by atoms with Crippen molar-refractivity contribution >= 4 is 5.69 Å². The van der Waals surface area contributed by atoms with Crippen molar-refractivity contribution in [1.29, 1.82) is 0 Å². The molecule has 1 aromatic rings. The Morgan fingerprint density at radius 1 is 1.33 bits per heavy atom. The van der Waals surface area contributed by atoms with Crippen LogP contribution in [-0.2, 0) is 6.54 Å². The van der Waals surface area contributed by atoms with Gasteiger partial charge in [0.2, 0.25) is 0 Å². The molecule has 1 saturated heterocycles. The molecule has 2 rings (SSSR count). The van der Waals surface area contributed by atoms with Crippen molar-refractivity contribution in [3.05, 3.63) is 29.6 Å². The molecule has 1 heterocycles. The Hall–Kier alpha value is -1.13. The summed E-state index contributed by atoms with van der Waals surface area (Å²) in [7, 11) is 4.20. The number of hydrogen-bond donors (Lipinski definition) is 1. The van der Waals surface area contributed by atoms with Gasteiger partial charge in [0.25, 0.3) is 0 Å². The second-order valence-electron chi connectivity index (χ2n) is 6.38.